The maximum atomic E-state index is 11.0. The first kappa shape index (κ1) is 10.2. The third-order valence-corrected chi connectivity index (χ3v) is 1.37. The Morgan fingerprint density at radius 3 is 2.27 bits per heavy atom. The van der Waals surface area contributed by atoms with Crippen LogP contribution in [0, 0.1) is 5.41 Å². The van der Waals surface area contributed by atoms with Gasteiger partial charge in [-0.2, -0.15) is 0 Å². The van der Waals surface area contributed by atoms with Crippen molar-refractivity contribution in [1.82, 2.24) is 0 Å². The summed E-state index contributed by atoms with van der Waals surface area (Å²) in [5, 5.41) is 0. The first-order chi connectivity index (χ1) is 4.89. The van der Waals surface area contributed by atoms with E-state index in [1.807, 2.05) is 20.8 Å². The Bertz CT molecular complexity index is 167. The van der Waals surface area contributed by atoms with Crippen LogP contribution in [0.4, 0.5) is 0 Å². The summed E-state index contributed by atoms with van der Waals surface area (Å²) in [7, 11) is 0. The van der Waals surface area contributed by atoms with Crippen LogP contribution in [0.3, 0.4) is 0 Å². The van der Waals surface area contributed by atoms with E-state index >= 15 is 0 Å². The quantitative estimate of drug-likeness (QED) is 0.370. The van der Waals surface area contributed by atoms with E-state index in [1.165, 1.54) is 0 Å². The highest BCUT2D eigenvalue weighted by Crippen LogP contribution is 2.23. The van der Waals surface area contributed by atoms with Gasteiger partial charge in [0.05, 0.1) is 0 Å². The highest BCUT2D eigenvalue weighted by Gasteiger charge is 2.22. The third-order valence-electron chi connectivity index (χ3n) is 1.37. The standard InChI is InChI=1S/C8H15NO2/c1-6(8(2,3)4)7(10)11-5-9/h1,5,9H2,2-4H3. The fourth-order valence-electron chi connectivity index (χ4n) is 0.469. The zero-order valence-electron chi connectivity index (χ0n) is 7.31. The monoisotopic (exact) mass is 157 g/mol. The molecule has 0 spiro atoms. The molecule has 0 radical (unpaired) electrons. The molecule has 0 aliphatic rings. The Kier molecular flexibility index (Phi) is 3.26. The molecule has 0 aromatic carbocycles. The molecule has 0 atom stereocenters. The Hall–Kier alpha value is -0.830. The normalized spacial score (nSPS) is 10.9. The summed E-state index contributed by atoms with van der Waals surface area (Å²) >= 11 is 0. The molecule has 0 aliphatic carbocycles. The van der Waals surface area contributed by atoms with Crippen molar-refractivity contribution in [3.63, 3.8) is 0 Å². The first-order valence-electron chi connectivity index (χ1n) is 3.46. The fourth-order valence-corrected chi connectivity index (χ4v) is 0.469. The van der Waals surface area contributed by atoms with E-state index in [1.54, 1.807) is 0 Å². The molecule has 3 nitrogen and oxygen atoms in total. The van der Waals surface area contributed by atoms with Crippen LogP contribution in [-0.2, 0) is 9.53 Å². The zero-order chi connectivity index (χ0) is 9.07. The van der Waals surface area contributed by atoms with Gasteiger partial charge in [-0.3, -0.25) is 5.73 Å². The molecule has 0 aromatic rings. The molecular formula is C8H15NO2. The minimum Gasteiger partial charge on any atom is -0.447 e. The van der Waals surface area contributed by atoms with E-state index < -0.39 is 5.97 Å². The fraction of sp³-hybridized carbons (Fsp3) is 0.625. The molecule has 0 bridgehead atoms. The van der Waals surface area contributed by atoms with E-state index in [0.717, 1.165) is 0 Å². The number of hydrogen-bond acceptors (Lipinski definition) is 3. The van der Waals surface area contributed by atoms with Gasteiger partial charge in [0.25, 0.3) is 0 Å². The van der Waals surface area contributed by atoms with Crippen molar-refractivity contribution in [2.24, 2.45) is 11.1 Å². The summed E-state index contributed by atoms with van der Waals surface area (Å²) in [6.45, 7) is 9.21. The second kappa shape index (κ2) is 3.53. The summed E-state index contributed by atoms with van der Waals surface area (Å²) in [5.74, 6) is -0.417. The maximum Gasteiger partial charge on any atom is 0.335 e. The van der Waals surface area contributed by atoms with Gasteiger partial charge in [0, 0.05) is 5.57 Å². The number of ether oxygens (including phenoxy) is 1. The SMILES string of the molecule is C=C(C(=O)OCN)C(C)(C)C. The van der Waals surface area contributed by atoms with Crippen LogP contribution < -0.4 is 5.73 Å². The van der Waals surface area contributed by atoms with Gasteiger partial charge in [-0.25, -0.2) is 4.79 Å². The van der Waals surface area contributed by atoms with Crippen molar-refractivity contribution in [2.45, 2.75) is 20.8 Å². The first-order valence-corrected chi connectivity index (χ1v) is 3.46. The van der Waals surface area contributed by atoms with Gasteiger partial charge < -0.3 is 4.74 Å². The Labute approximate surface area is 67.2 Å². The molecule has 2 N–H and O–H groups in total. The Morgan fingerprint density at radius 1 is 1.55 bits per heavy atom. The van der Waals surface area contributed by atoms with Crippen LogP contribution in [0.2, 0.25) is 0 Å². The third kappa shape index (κ3) is 3.18. The molecule has 0 amide bonds. The summed E-state index contributed by atoms with van der Waals surface area (Å²) in [4.78, 5) is 11.0. The summed E-state index contributed by atoms with van der Waals surface area (Å²) < 4.78 is 4.57. The topological polar surface area (TPSA) is 52.3 Å². The van der Waals surface area contributed by atoms with Gasteiger partial charge in [-0.05, 0) is 5.41 Å². The second-order valence-corrected chi connectivity index (χ2v) is 3.33. The second-order valence-electron chi connectivity index (χ2n) is 3.33. The molecule has 0 unspecified atom stereocenters. The van der Waals surface area contributed by atoms with E-state index in [4.69, 9.17) is 5.73 Å². The van der Waals surface area contributed by atoms with Gasteiger partial charge >= 0.3 is 5.97 Å². The molecule has 0 saturated carbocycles. The number of esters is 1. The largest absolute Gasteiger partial charge is 0.447 e. The number of carbonyl (C=O) groups is 1. The maximum absolute atomic E-state index is 11.0. The van der Waals surface area contributed by atoms with Crippen molar-refractivity contribution in [1.29, 1.82) is 0 Å². The van der Waals surface area contributed by atoms with Gasteiger partial charge in [0.15, 0.2) is 0 Å². The van der Waals surface area contributed by atoms with E-state index in [9.17, 15) is 4.79 Å². The Balaban J connectivity index is 4.15. The number of nitrogens with two attached hydrogens (primary N) is 1. The predicted octanol–water partition coefficient (Wildman–Crippen LogP) is 1.05. The molecule has 11 heavy (non-hydrogen) atoms. The van der Waals surface area contributed by atoms with Crippen molar-refractivity contribution in [2.75, 3.05) is 6.73 Å². The van der Waals surface area contributed by atoms with Crippen molar-refractivity contribution >= 4 is 5.97 Å². The van der Waals surface area contributed by atoms with Crippen molar-refractivity contribution in [3.05, 3.63) is 12.2 Å². The van der Waals surface area contributed by atoms with Crippen LogP contribution >= 0.6 is 0 Å². The molecule has 0 aromatic heterocycles. The van der Waals surface area contributed by atoms with E-state index in [0.29, 0.717) is 5.57 Å². The number of carbonyl (C=O) groups excluding carboxylic acids is 1. The highest BCUT2D eigenvalue weighted by molar-refractivity contribution is 5.88. The van der Waals surface area contributed by atoms with Gasteiger partial charge in [0.1, 0.15) is 6.73 Å². The molecule has 0 heterocycles. The lowest BCUT2D eigenvalue weighted by molar-refractivity contribution is -0.139. The number of hydrogen-bond donors (Lipinski definition) is 1. The zero-order valence-corrected chi connectivity index (χ0v) is 7.31. The highest BCUT2D eigenvalue weighted by atomic mass is 16.5. The summed E-state index contributed by atoms with van der Waals surface area (Å²) in [6, 6.07) is 0. The molecule has 0 fully saturated rings. The predicted molar refractivity (Wildman–Crippen MR) is 43.7 cm³/mol. The minimum atomic E-state index is -0.417. The van der Waals surface area contributed by atoms with Gasteiger partial charge in [-0.15, -0.1) is 0 Å². The van der Waals surface area contributed by atoms with Crippen LogP contribution in [-0.4, -0.2) is 12.7 Å². The average molecular weight is 157 g/mol. The summed E-state index contributed by atoms with van der Waals surface area (Å²) in [5.41, 5.74) is 5.23. The lowest BCUT2D eigenvalue weighted by Crippen LogP contribution is -2.21. The van der Waals surface area contributed by atoms with Crippen LogP contribution in [0.25, 0.3) is 0 Å². The smallest absolute Gasteiger partial charge is 0.335 e. The molecule has 3 heteroatoms. The average Bonchev–Trinajstić information content (AvgIpc) is 1.85. The van der Waals surface area contributed by atoms with Crippen molar-refractivity contribution < 1.29 is 9.53 Å². The van der Waals surface area contributed by atoms with Gasteiger partial charge in [-0.1, -0.05) is 27.4 Å². The number of rotatable bonds is 2. The lowest BCUT2D eigenvalue weighted by Gasteiger charge is -2.19. The van der Waals surface area contributed by atoms with E-state index in [-0.39, 0.29) is 12.1 Å². The minimum absolute atomic E-state index is 0.0894. The molecule has 0 aliphatic heterocycles. The van der Waals surface area contributed by atoms with Crippen LogP contribution in [0.15, 0.2) is 12.2 Å². The van der Waals surface area contributed by atoms with E-state index in [2.05, 4.69) is 11.3 Å². The molecule has 64 valence electrons. The van der Waals surface area contributed by atoms with Crippen LogP contribution in [0.5, 0.6) is 0 Å². The van der Waals surface area contributed by atoms with Crippen molar-refractivity contribution in [3.8, 4) is 0 Å². The molecule has 0 rings (SSSR count). The molecule has 0 saturated heterocycles. The lowest BCUT2D eigenvalue weighted by atomic mass is 9.88. The summed E-state index contributed by atoms with van der Waals surface area (Å²) in [6.07, 6.45) is 0. The molecular weight excluding hydrogens is 142 g/mol. The van der Waals surface area contributed by atoms with Crippen LogP contribution in [0.1, 0.15) is 20.8 Å². The van der Waals surface area contributed by atoms with Gasteiger partial charge in [0.2, 0.25) is 0 Å². The Morgan fingerprint density at radius 2 is 2.00 bits per heavy atom.